The predicted octanol–water partition coefficient (Wildman–Crippen LogP) is 5.92. The zero-order chi connectivity index (χ0) is 26.9. The fourth-order valence-corrected chi connectivity index (χ4v) is 4.70. The molecule has 4 aromatic rings. The van der Waals surface area contributed by atoms with Crippen LogP contribution in [0.2, 0.25) is 0 Å². The Hall–Kier alpha value is -3.87. The highest BCUT2D eigenvalue weighted by atomic mass is 16.3. The van der Waals surface area contributed by atoms with Gasteiger partial charge in [-0.15, -0.1) is 0 Å². The van der Waals surface area contributed by atoms with Gasteiger partial charge in [-0.1, -0.05) is 36.4 Å². The molecule has 3 heterocycles. The summed E-state index contributed by atoms with van der Waals surface area (Å²) in [6.45, 7) is 6.69. The van der Waals surface area contributed by atoms with Crippen LogP contribution in [0.25, 0.3) is 22.3 Å². The Morgan fingerprint density at radius 1 is 0.974 bits per heavy atom. The number of aryl methyl sites for hydroxylation is 2. The summed E-state index contributed by atoms with van der Waals surface area (Å²) in [5, 5.41) is 13.1. The number of carbonyl (C=O) groups excluding carboxylic acids is 1. The molecule has 0 saturated carbocycles. The average Bonchev–Trinajstić information content (AvgIpc) is 2.94. The summed E-state index contributed by atoms with van der Waals surface area (Å²) < 4.78 is 0. The van der Waals surface area contributed by atoms with E-state index in [1.807, 2.05) is 69.6 Å². The van der Waals surface area contributed by atoms with E-state index < -0.39 is 0 Å². The Balaban J connectivity index is 0.000000194. The Bertz CT molecular complexity index is 1340. The summed E-state index contributed by atoms with van der Waals surface area (Å²) in [6.07, 6.45) is 6.24. The van der Waals surface area contributed by atoms with Gasteiger partial charge in [0.15, 0.2) is 6.29 Å². The van der Waals surface area contributed by atoms with E-state index in [9.17, 15) is 9.90 Å². The minimum Gasteiger partial charge on any atom is -0.392 e. The first-order valence-corrected chi connectivity index (χ1v) is 13.1. The van der Waals surface area contributed by atoms with Gasteiger partial charge in [-0.2, -0.15) is 0 Å². The van der Waals surface area contributed by atoms with Crippen molar-refractivity contribution >= 4 is 12.0 Å². The number of aliphatic hydroxyl groups excluding tert-OH is 1. The van der Waals surface area contributed by atoms with Gasteiger partial charge in [0.2, 0.25) is 0 Å². The highest BCUT2D eigenvalue weighted by Crippen LogP contribution is 2.26. The molecule has 6 nitrogen and oxygen atoms in total. The zero-order valence-corrected chi connectivity index (χ0v) is 22.4. The maximum atomic E-state index is 10.6. The second kappa shape index (κ2) is 13.1. The Morgan fingerprint density at radius 2 is 1.79 bits per heavy atom. The molecule has 0 aliphatic carbocycles. The Kier molecular flexibility index (Phi) is 9.35. The molecule has 1 saturated heterocycles. The van der Waals surface area contributed by atoms with Gasteiger partial charge in [0.25, 0.3) is 0 Å². The molecule has 1 fully saturated rings. The van der Waals surface area contributed by atoms with Crippen molar-refractivity contribution < 1.29 is 9.90 Å². The van der Waals surface area contributed by atoms with Crippen molar-refractivity contribution in [2.45, 2.75) is 39.3 Å². The number of piperidine rings is 1. The molecule has 0 radical (unpaired) electrons. The van der Waals surface area contributed by atoms with E-state index in [1.54, 1.807) is 6.20 Å². The largest absolute Gasteiger partial charge is 0.392 e. The summed E-state index contributed by atoms with van der Waals surface area (Å²) >= 11 is 0. The summed E-state index contributed by atoms with van der Waals surface area (Å²) in [5.41, 5.74) is 9.43. The second-order valence-electron chi connectivity index (χ2n) is 9.80. The number of aromatic nitrogens is 2. The predicted molar refractivity (Wildman–Crippen MR) is 154 cm³/mol. The lowest BCUT2D eigenvalue weighted by atomic mass is 10.0. The van der Waals surface area contributed by atoms with Crippen LogP contribution in [0.4, 0.5) is 5.69 Å². The van der Waals surface area contributed by atoms with Crippen LogP contribution in [0, 0.1) is 13.8 Å². The maximum absolute atomic E-state index is 10.6. The molecule has 38 heavy (non-hydrogen) atoms. The molecule has 5 rings (SSSR count). The molecule has 0 spiro atoms. The Morgan fingerprint density at radius 3 is 2.47 bits per heavy atom. The van der Waals surface area contributed by atoms with Crippen LogP contribution >= 0.6 is 0 Å². The smallest absolute Gasteiger partial charge is 0.168 e. The van der Waals surface area contributed by atoms with Crippen LogP contribution in [0.3, 0.4) is 0 Å². The normalized spacial score (nSPS) is 15.3. The van der Waals surface area contributed by atoms with Gasteiger partial charge in [0, 0.05) is 49.5 Å². The number of hydrogen-bond donors (Lipinski definition) is 2. The molecular weight excluding hydrogens is 472 g/mol. The molecule has 196 valence electrons. The van der Waals surface area contributed by atoms with Gasteiger partial charge < -0.3 is 10.4 Å². The van der Waals surface area contributed by atoms with Gasteiger partial charge in [-0.25, -0.2) is 0 Å². The van der Waals surface area contributed by atoms with Crippen LogP contribution in [0.15, 0.2) is 79.1 Å². The molecule has 0 amide bonds. The molecule has 2 N–H and O–H groups in total. The van der Waals surface area contributed by atoms with Gasteiger partial charge in [0.1, 0.15) is 5.69 Å². The molecule has 2 aromatic heterocycles. The number of pyridine rings is 2. The first-order valence-electron chi connectivity index (χ1n) is 13.1. The van der Waals surface area contributed by atoms with Crippen molar-refractivity contribution in [3.63, 3.8) is 0 Å². The standard InChI is InChI=1S/C19H25N3O.C13H11NO/c1-14-5-6-16(11-21-14)17-8-15(9-18(10-17)20-2)12-22-7-3-4-19(23)13-22;1-10-8-14-12(9-15)7-13(10)11-5-3-2-4-6-11/h5-6,8-11,19-20,23H,3-4,7,12-13H2,1-2H3;2-9H,1H3. The van der Waals surface area contributed by atoms with E-state index in [-0.39, 0.29) is 6.10 Å². The molecule has 0 bridgehead atoms. The summed E-state index contributed by atoms with van der Waals surface area (Å²) in [6, 6.07) is 22.5. The zero-order valence-electron chi connectivity index (χ0n) is 22.4. The number of likely N-dealkylation sites (tertiary alicyclic amines) is 1. The van der Waals surface area contributed by atoms with E-state index in [4.69, 9.17) is 0 Å². The number of nitrogens with zero attached hydrogens (tertiary/aromatic N) is 3. The van der Waals surface area contributed by atoms with Crippen LogP contribution in [-0.4, -0.2) is 52.5 Å². The van der Waals surface area contributed by atoms with Gasteiger partial charge >= 0.3 is 0 Å². The van der Waals surface area contributed by atoms with Crippen LogP contribution in [0.5, 0.6) is 0 Å². The SMILES string of the molecule is CNc1cc(CN2CCCC(O)C2)cc(-c2ccc(C)nc2)c1.Cc1cnc(C=O)cc1-c1ccccc1. The number of anilines is 1. The first-order chi connectivity index (χ1) is 18.4. The van der Waals surface area contributed by atoms with Gasteiger partial charge in [-0.3, -0.25) is 19.7 Å². The fraction of sp³-hybridized carbons (Fsp3) is 0.281. The van der Waals surface area contributed by atoms with Crippen molar-refractivity contribution in [2.75, 3.05) is 25.5 Å². The number of aldehydes is 1. The van der Waals surface area contributed by atoms with Crippen molar-refractivity contribution in [3.8, 4) is 22.3 Å². The molecule has 1 atom stereocenters. The van der Waals surface area contributed by atoms with Crippen LogP contribution < -0.4 is 5.32 Å². The number of benzene rings is 2. The number of nitrogens with one attached hydrogen (secondary N) is 1. The minimum atomic E-state index is -0.183. The number of hydrogen-bond acceptors (Lipinski definition) is 6. The molecule has 1 unspecified atom stereocenters. The minimum absolute atomic E-state index is 0.183. The maximum Gasteiger partial charge on any atom is 0.168 e. The topological polar surface area (TPSA) is 78.3 Å². The average molecular weight is 509 g/mol. The molecule has 1 aliphatic heterocycles. The van der Waals surface area contributed by atoms with E-state index in [0.29, 0.717) is 5.69 Å². The van der Waals surface area contributed by atoms with Gasteiger partial charge in [-0.05, 0) is 91.4 Å². The van der Waals surface area contributed by atoms with Gasteiger partial charge in [0.05, 0.1) is 6.10 Å². The second-order valence-corrected chi connectivity index (χ2v) is 9.80. The van der Waals surface area contributed by atoms with E-state index >= 15 is 0 Å². The fourth-order valence-electron chi connectivity index (χ4n) is 4.70. The molecule has 6 heteroatoms. The first kappa shape index (κ1) is 27.2. The van der Waals surface area contributed by atoms with E-state index in [1.165, 1.54) is 11.1 Å². The van der Waals surface area contributed by atoms with Crippen molar-refractivity contribution in [1.82, 2.24) is 14.9 Å². The molecular formula is C32H36N4O2. The number of rotatable bonds is 6. The number of aliphatic hydroxyl groups is 1. The lowest BCUT2D eigenvalue weighted by molar-refractivity contribution is 0.0668. The summed E-state index contributed by atoms with van der Waals surface area (Å²) in [7, 11) is 1.95. The third-order valence-electron chi connectivity index (χ3n) is 6.74. The number of carbonyl (C=O) groups is 1. The van der Waals surface area contributed by atoms with E-state index in [0.717, 1.165) is 72.4 Å². The van der Waals surface area contributed by atoms with Crippen molar-refractivity contribution in [3.05, 3.63) is 102 Å². The van der Waals surface area contributed by atoms with E-state index in [2.05, 4.69) is 44.5 Å². The highest BCUT2D eigenvalue weighted by Gasteiger charge is 2.18. The number of β-amino-alcohol motifs (C(OH)–C–C–N with tert-alkyl or cyclic N) is 1. The third-order valence-corrected chi connectivity index (χ3v) is 6.74. The molecule has 2 aromatic carbocycles. The van der Waals surface area contributed by atoms with Crippen molar-refractivity contribution in [1.29, 1.82) is 0 Å². The Labute approximate surface area is 225 Å². The third kappa shape index (κ3) is 7.34. The lowest BCUT2D eigenvalue weighted by Gasteiger charge is -2.30. The molecule has 1 aliphatic rings. The lowest BCUT2D eigenvalue weighted by Crippen LogP contribution is -2.37. The van der Waals surface area contributed by atoms with Crippen molar-refractivity contribution in [2.24, 2.45) is 0 Å². The van der Waals surface area contributed by atoms with Crippen LogP contribution in [0.1, 0.15) is 40.2 Å². The highest BCUT2D eigenvalue weighted by molar-refractivity contribution is 5.77. The summed E-state index contributed by atoms with van der Waals surface area (Å²) in [5.74, 6) is 0. The van der Waals surface area contributed by atoms with Crippen LogP contribution in [-0.2, 0) is 6.54 Å². The quantitative estimate of drug-likeness (QED) is 0.315. The summed E-state index contributed by atoms with van der Waals surface area (Å²) in [4.78, 5) is 21.4. The monoisotopic (exact) mass is 508 g/mol.